The van der Waals surface area contributed by atoms with Crippen LogP contribution in [0, 0.1) is 11.8 Å². The van der Waals surface area contributed by atoms with Gasteiger partial charge in [-0.05, 0) is 31.6 Å². The topological polar surface area (TPSA) is 54.4 Å². The Hall–Kier alpha value is -0.350. The van der Waals surface area contributed by atoms with Crippen molar-refractivity contribution in [2.45, 2.75) is 38.9 Å². The van der Waals surface area contributed by atoms with E-state index in [4.69, 9.17) is 4.55 Å². The van der Waals surface area contributed by atoms with E-state index < -0.39 is 15.4 Å². The van der Waals surface area contributed by atoms with Crippen molar-refractivity contribution in [2.24, 2.45) is 11.8 Å². The molecule has 0 fully saturated rings. The standard InChI is InChI=1S/C10H18O3S/c1-7(2)9-5-4-8(3)10(6-9)14(11,12)13/h4,7,9-10H,5-6H2,1-3H3,(H,11,12,13). The lowest BCUT2D eigenvalue weighted by atomic mass is 9.82. The molecule has 82 valence electrons. The summed E-state index contributed by atoms with van der Waals surface area (Å²) in [6.45, 7) is 5.94. The Kier molecular flexibility index (Phi) is 3.37. The van der Waals surface area contributed by atoms with Crippen LogP contribution in [-0.4, -0.2) is 18.2 Å². The minimum atomic E-state index is -3.91. The van der Waals surface area contributed by atoms with Gasteiger partial charge in [0.25, 0.3) is 10.1 Å². The highest BCUT2D eigenvalue weighted by molar-refractivity contribution is 7.86. The molecule has 0 spiro atoms. The second-order valence-corrected chi connectivity index (χ2v) is 6.03. The Morgan fingerprint density at radius 2 is 2.07 bits per heavy atom. The lowest BCUT2D eigenvalue weighted by Crippen LogP contribution is -2.29. The number of allylic oxidation sites excluding steroid dienone is 1. The van der Waals surface area contributed by atoms with Crippen LogP contribution in [0.25, 0.3) is 0 Å². The van der Waals surface area contributed by atoms with Crippen LogP contribution in [0.4, 0.5) is 0 Å². The maximum Gasteiger partial charge on any atom is 0.271 e. The highest BCUT2D eigenvalue weighted by atomic mass is 32.2. The largest absolute Gasteiger partial charge is 0.285 e. The maximum atomic E-state index is 11.1. The fraction of sp³-hybridized carbons (Fsp3) is 0.800. The second kappa shape index (κ2) is 4.03. The fourth-order valence-corrected chi connectivity index (χ4v) is 2.98. The highest BCUT2D eigenvalue weighted by Gasteiger charge is 2.31. The van der Waals surface area contributed by atoms with Gasteiger partial charge in [0.2, 0.25) is 0 Å². The van der Waals surface area contributed by atoms with Gasteiger partial charge in [0.15, 0.2) is 0 Å². The molecule has 0 saturated heterocycles. The molecule has 1 aliphatic carbocycles. The molecule has 2 unspecified atom stereocenters. The summed E-state index contributed by atoms with van der Waals surface area (Å²) in [5.74, 6) is 0.828. The lowest BCUT2D eigenvalue weighted by molar-refractivity contribution is 0.342. The molecule has 0 heterocycles. The van der Waals surface area contributed by atoms with Gasteiger partial charge >= 0.3 is 0 Å². The van der Waals surface area contributed by atoms with Crippen LogP contribution >= 0.6 is 0 Å². The molecular formula is C10H18O3S. The first kappa shape index (κ1) is 11.7. The predicted octanol–water partition coefficient (Wildman–Crippen LogP) is 2.26. The summed E-state index contributed by atoms with van der Waals surface area (Å²) in [5, 5.41) is -0.677. The smallest absolute Gasteiger partial charge is 0.271 e. The summed E-state index contributed by atoms with van der Waals surface area (Å²) in [6, 6.07) is 0. The third-order valence-electron chi connectivity index (χ3n) is 3.07. The van der Waals surface area contributed by atoms with Crippen molar-refractivity contribution < 1.29 is 13.0 Å². The summed E-state index contributed by atoms with van der Waals surface area (Å²) in [7, 11) is -3.91. The molecule has 0 aliphatic heterocycles. The highest BCUT2D eigenvalue weighted by Crippen LogP contribution is 2.32. The van der Waals surface area contributed by atoms with E-state index >= 15 is 0 Å². The monoisotopic (exact) mass is 218 g/mol. The zero-order valence-electron chi connectivity index (χ0n) is 8.90. The van der Waals surface area contributed by atoms with E-state index in [1.807, 2.05) is 6.08 Å². The SMILES string of the molecule is CC1=CCC(C(C)C)CC1S(=O)(=O)O. The Balaban J connectivity index is 2.88. The molecule has 3 nitrogen and oxygen atoms in total. The Morgan fingerprint density at radius 3 is 2.50 bits per heavy atom. The zero-order chi connectivity index (χ0) is 10.9. The molecule has 1 aliphatic rings. The van der Waals surface area contributed by atoms with Gasteiger partial charge in [-0.15, -0.1) is 0 Å². The van der Waals surface area contributed by atoms with Crippen molar-refractivity contribution in [3.05, 3.63) is 11.6 Å². The van der Waals surface area contributed by atoms with Crippen LogP contribution in [0.5, 0.6) is 0 Å². The van der Waals surface area contributed by atoms with Gasteiger partial charge < -0.3 is 0 Å². The maximum absolute atomic E-state index is 11.1. The average molecular weight is 218 g/mol. The van der Waals surface area contributed by atoms with Crippen LogP contribution in [0.1, 0.15) is 33.6 Å². The summed E-state index contributed by atoms with van der Waals surface area (Å²) in [4.78, 5) is 0. The molecule has 0 radical (unpaired) electrons. The third kappa shape index (κ3) is 2.58. The second-order valence-electron chi connectivity index (χ2n) is 4.43. The van der Waals surface area contributed by atoms with Crippen molar-refractivity contribution in [3.63, 3.8) is 0 Å². The zero-order valence-corrected chi connectivity index (χ0v) is 9.71. The number of rotatable bonds is 2. The van der Waals surface area contributed by atoms with Gasteiger partial charge in [0.1, 0.15) is 5.25 Å². The van der Waals surface area contributed by atoms with E-state index in [0.717, 1.165) is 12.0 Å². The van der Waals surface area contributed by atoms with Gasteiger partial charge in [-0.25, -0.2) is 0 Å². The van der Waals surface area contributed by atoms with Crippen LogP contribution in [0.2, 0.25) is 0 Å². The predicted molar refractivity (Wildman–Crippen MR) is 56.7 cm³/mol. The van der Waals surface area contributed by atoms with E-state index in [0.29, 0.717) is 18.3 Å². The van der Waals surface area contributed by atoms with Gasteiger partial charge in [-0.1, -0.05) is 25.5 Å². The summed E-state index contributed by atoms with van der Waals surface area (Å²) < 4.78 is 31.2. The first-order chi connectivity index (χ1) is 6.32. The Bertz CT molecular complexity index is 327. The molecule has 0 aromatic heterocycles. The molecule has 0 aromatic carbocycles. The molecule has 0 aromatic rings. The van der Waals surface area contributed by atoms with Gasteiger partial charge in [-0.3, -0.25) is 4.55 Å². The van der Waals surface area contributed by atoms with Gasteiger partial charge in [0, 0.05) is 0 Å². The Morgan fingerprint density at radius 1 is 1.50 bits per heavy atom. The lowest BCUT2D eigenvalue weighted by Gasteiger charge is -2.28. The van der Waals surface area contributed by atoms with Crippen LogP contribution in [0.15, 0.2) is 11.6 Å². The van der Waals surface area contributed by atoms with Gasteiger partial charge in [-0.2, -0.15) is 8.42 Å². The molecule has 4 heteroatoms. The molecule has 14 heavy (non-hydrogen) atoms. The summed E-state index contributed by atoms with van der Waals surface area (Å²) >= 11 is 0. The van der Waals surface area contributed by atoms with E-state index in [1.165, 1.54) is 0 Å². The molecule has 0 bridgehead atoms. The van der Waals surface area contributed by atoms with E-state index in [2.05, 4.69) is 13.8 Å². The molecule has 0 saturated carbocycles. The van der Waals surface area contributed by atoms with Crippen molar-refractivity contribution in [3.8, 4) is 0 Å². The van der Waals surface area contributed by atoms with E-state index in [-0.39, 0.29) is 0 Å². The summed E-state index contributed by atoms with van der Waals surface area (Å²) in [6.07, 6.45) is 3.42. The molecule has 1 rings (SSSR count). The van der Waals surface area contributed by atoms with Crippen LogP contribution in [0.3, 0.4) is 0 Å². The number of hydrogen-bond donors (Lipinski definition) is 1. The minimum absolute atomic E-state index is 0.366. The first-order valence-corrected chi connectivity index (χ1v) is 6.45. The van der Waals surface area contributed by atoms with Crippen molar-refractivity contribution in [2.75, 3.05) is 0 Å². The van der Waals surface area contributed by atoms with Crippen molar-refractivity contribution in [1.29, 1.82) is 0 Å². The van der Waals surface area contributed by atoms with E-state index in [1.54, 1.807) is 6.92 Å². The minimum Gasteiger partial charge on any atom is -0.285 e. The third-order valence-corrected chi connectivity index (χ3v) is 4.35. The Labute approximate surface area is 86.0 Å². The van der Waals surface area contributed by atoms with E-state index in [9.17, 15) is 8.42 Å². The van der Waals surface area contributed by atoms with Crippen molar-refractivity contribution >= 4 is 10.1 Å². The summed E-state index contributed by atoms with van der Waals surface area (Å²) in [5.41, 5.74) is 0.782. The molecule has 2 atom stereocenters. The molecule has 0 amide bonds. The van der Waals surface area contributed by atoms with Crippen LogP contribution < -0.4 is 0 Å². The first-order valence-electron chi connectivity index (χ1n) is 4.95. The van der Waals surface area contributed by atoms with Gasteiger partial charge in [0.05, 0.1) is 0 Å². The molecular weight excluding hydrogens is 200 g/mol. The average Bonchev–Trinajstić information content (AvgIpc) is 2.02. The van der Waals surface area contributed by atoms with Crippen LogP contribution in [-0.2, 0) is 10.1 Å². The van der Waals surface area contributed by atoms with Crippen molar-refractivity contribution in [1.82, 2.24) is 0 Å². The fourth-order valence-electron chi connectivity index (χ4n) is 1.93. The quantitative estimate of drug-likeness (QED) is 0.571. The molecule has 1 N–H and O–H groups in total. The number of hydrogen-bond acceptors (Lipinski definition) is 2. The normalized spacial score (nSPS) is 29.1.